The van der Waals surface area contributed by atoms with Gasteiger partial charge in [-0.05, 0) is 0 Å². The van der Waals surface area contributed by atoms with E-state index in [1.165, 1.54) is 0 Å². The van der Waals surface area contributed by atoms with Crippen LogP contribution in [0.25, 0.3) is 0 Å². The second-order valence-corrected chi connectivity index (χ2v) is 4.60. The van der Waals surface area contributed by atoms with Crippen molar-refractivity contribution in [3.63, 3.8) is 0 Å². The molecule has 1 aliphatic rings. The van der Waals surface area contributed by atoms with Crippen LogP contribution in [0.5, 0.6) is 0 Å². The first-order valence-corrected chi connectivity index (χ1v) is 5.53. The lowest BCUT2D eigenvalue weighted by molar-refractivity contribution is -0.118. The monoisotopic (exact) mass is 190 g/mol. The number of nitrogens with two attached hydrogens (primary N) is 1. The lowest BCUT2D eigenvalue weighted by Gasteiger charge is -2.25. The number of hydrogen-bond acceptors (Lipinski definition) is 3. The van der Waals surface area contributed by atoms with Crippen LogP contribution >= 0.6 is 0 Å². The molecule has 0 atom stereocenters. The maximum atomic E-state index is 10.9. The van der Waals surface area contributed by atoms with E-state index in [1.807, 2.05) is 0 Å². The highest BCUT2D eigenvalue weighted by Gasteiger charge is 2.14. The molecule has 0 bridgehead atoms. The summed E-state index contributed by atoms with van der Waals surface area (Å²) in [6, 6.07) is 0. The predicted molar refractivity (Wildman–Crippen MR) is 48.1 cm³/mol. The van der Waals surface area contributed by atoms with E-state index in [2.05, 4.69) is 4.90 Å². The third-order valence-corrected chi connectivity index (χ3v) is 3.22. The van der Waals surface area contributed by atoms with Crippen molar-refractivity contribution in [3.05, 3.63) is 0 Å². The molecule has 0 aromatic rings. The molecule has 1 saturated heterocycles. The summed E-state index contributed by atoms with van der Waals surface area (Å²) in [5.74, 6) is 1.21. The Bertz CT molecular complexity index is 186. The van der Waals surface area contributed by atoms with Crippen molar-refractivity contribution in [2.24, 2.45) is 5.73 Å². The number of amides is 1. The Labute approximate surface area is 74.6 Å². The van der Waals surface area contributed by atoms with Crippen molar-refractivity contribution in [1.29, 1.82) is 0 Å². The summed E-state index contributed by atoms with van der Waals surface area (Å²) in [5.41, 5.74) is 5.01. The number of rotatable bonds is 3. The molecule has 0 aliphatic carbocycles. The summed E-state index contributed by atoms with van der Waals surface area (Å²) in [4.78, 5) is 12.6. The van der Waals surface area contributed by atoms with Gasteiger partial charge in [0.25, 0.3) is 0 Å². The molecule has 0 radical (unpaired) electrons. The van der Waals surface area contributed by atoms with E-state index in [1.54, 1.807) is 0 Å². The maximum Gasteiger partial charge on any atom is 0.218 e. The molecular formula is C7H14N2O2S. The highest BCUT2D eigenvalue weighted by Crippen LogP contribution is 2.00. The topological polar surface area (TPSA) is 63.4 Å². The molecule has 1 heterocycles. The molecule has 1 rings (SSSR count). The lowest BCUT2D eigenvalue weighted by atomic mass is 10.3. The fourth-order valence-electron chi connectivity index (χ4n) is 1.17. The normalized spacial score (nSPS) is 21.0. The summed E-state index contributed by atoms with van der Waals surface area (Å²) in [5, 5.41) is 0. The molecule has 1 fully saturated rings. The van der Waals surface area contributed by atoms with Crippen LogP contribution in [0.1, 0.15) is 6.42 Å². The van der Waals surface area contributed by atoms with Gasteiger partial charge in [-0.1, -0.05) is 0 Å². The van der Waals surface area contributed by atoms with Gasteiger partial charge in [0, 0.05) is 48.4 Å². The van der Waals surface area contributed by atoms with E-state index in [9.17, 15) is 9.00 Å². The van der Waals surface area contributed by atoms with E-state index in [-0.39, 0.29) is 5.91 Å². The average molecular weight is 190 g/mol. The van der Waals surface area contributed by atoms with Crippen LogP contribution in [0.2, 0.25) is 0 Å². The summed E-state index contributed by atoms with van der Waals surface area (Å²) < 4.78 is 10.9. The molecule has 12 heavy (non-hydrogen) atoms. The number of carbonyl (C=O) groups excluding carboxylic acids is 1. The standard InChI is InChI=1S/C7H14N2O2S/c8-7(10)1-2-9-3-5-12(11)6-4-9/h1-6H2,(H2,8,10). The second-order valence-electron chi connectivity index (χ2n) is 2.91. The molecule has 0 spiro atoms. The molecule has 0 saturated carbocycles. The zero-order chi connectivity index (χ0) is 8.97. The summed E-state index contributed by atoms with van der Waals surface area (Å²) >= 11 is 0. The molecule has 0 aromatic heterocycles. The van der Waals surface area contributed by atoms with Crippen molar-refractivity contribution in [3.8, 4) is 0 Å². The minimum atomic E-state index is -0.633. The molecule has 1 amide bonds. The van der Waals surface area contributed by atoms with Gasteiger partial charge in [-0.25, -0.2) is 0 Å². The smallest absolute Gasteiger partial charge is 0.218 e. The van der Waals surface area contributed by atoms with E-state index < -0.39 is 10.8 Å². The van der Waals surface area contributed by atoms with Crippen molar-refractivity contribution < 1.29 is 9.00 Å². The summed E-state index contributed by atoms with van der Waals surface area (Å²) in [6.45, 7) is 2.38. The van der Waals surface area contributed by atoms with E-state index in [4.69, 9.17) is 5.73 Å². The molecule has 1 aliphatic heterocycles. The first-order valence-electron chi connectivity index (χ1n) is 4.04. The molecule has 2 N–H and O–H groups in total. The van der Waals surface area contributed by atoms with Gasteiger partial charge in [0.15, 0.2) is 0 Å². The first-order chi connectivity index (χ1) is 5.68. The minimum absolute atomic E-state index is 0.262. The fourth-order valence-corrected chi connectivity index (χ4v) is 2.30. The highest BCUT2D eigenvalue weighted by molar-refractivity contribution is 7.85. The van der Waals surface area contributed by atoms with Crippen molar-refractivity contribution in [1.82, 2.24) is 4.90 Å². The largest absolute Gasteiger partial charge is 0.370 e. The predicted octanol–water partition coefficient (Wildman–Crippen LogP) is -1.07. The van der Waals surface area contributed by atoms with Crippen molar-refractivity contribution >= 4 is 16.7 Å². The van der Waals surface area contributed by atoms with Gasteiger partial charge in [0.2, 0.25) is 5.91 Å². The summed E-state index contributed by atoms with van der Waals surface area (Å²) in [6.07, 6.45) is 0.409. The van der Waals surface area contributed by atoms with Crippen LogP contribution in [0, 0.1) is 0 Å². The van der Waals surface area contributed by atoms with Gasteiger partial charge in [-0.3, -0.25) is 9.00 Å². The van der Waals surface area contributed by atoms with Crippen LogP contribution in [-0.4, -0.2) is 46.2 Å². The molecule has 70 valence electrons. The summed E-state index contributed by atoms with van der Waals surface area (Å²) in [7, 11) is -0.633. The second kappa shape index (κ2) is 4.57. The van der Waals surface area contributed by atoms with Crippen molar-refractivity contribution in [2.45, 2.75) is 6.42 Å². The minimum Gasteiger partial charge on any atom is -0.370 e. The average Bonchev–Trinajstić information content (AvgIpc) is 2.03. The maximum absolute atomic E-state index is 10.9. The quantitative estimate of drug-likeness (QED) is 0.616. The van der Waals surface area contributed by atoms with Crippen LogP contribution in [0.15, 0.2) is 0 Å². The van der Waals surface area contributed by atoms with Gasteiger partial charge < -0.3 is 10.6 Å². The molecule has 0 unspecified atom stereocenters. The Kier molecular flexibility index (Phi) is 3.68. The lowest BCUT2D eigenvalue weighted by Crippen LogP contribution is -2.39. The Morgan fingerprint density at radius 3 is 2.50 bits per heavy atom. The van der Waals surface area contributed by atoms with Gasteiger partial charge in [-0.2, -0.15) is 0 Å². The van der Waals surface area contributed by atoms with Crippen LogP contribution < -0.4 is 5.73 Å². The molecule has 0 aromatic carbocycles. The number of hydrogen-bond donors (Lipinski definition) is 1. The van der Waals surface area contributed by atoms with E-state index in [0.29, 0.717) is 13.0 Å². The Morgan fingerprint density at radius 2 is 2.00 bits per heavy atom. The molecular weight excluding hydrogens is 176 g/mol. The Hall–Kier alpha value is -0.420. The fraction of sp³-hybridized carbons (Fsp3) is 0.857. The molecule has 5 heteroatoms. The highest BCUT2D eigenvalue weighted by atomic mass is 32.2. The third kappa shape index (κ3) is 3.32. The first kappa shape index (κ1) is 9.67. The zero-order valence-electron chi connectivity index (χ0n) is 6.99. The third-order valence-electron chi connectivity index (χ3n) is 1.94. The zero-order valence-corrected chi connectivity index (χ0v) is 7.81. The van der Waals surface area contributed by atoms with Gasteiger partial charge in [-0.15, -0.1) is 0 Å². The Morgan fingerprint density at radius 1 is 1.42 bits per heavy atom. The van der Waals surface area contributed by atoms with Crippen LogP contribution in [-0.2, 0) is 15.6 Å². The van der Waals surface area contributed by atoms with Gasteiger partial charge >= 0.3 is 0 Å². The van der Waals surface area contributed by atoms with E-state index in [0.717, 1.165) is 24.6 Å². The van der Waals surface area contributed by atoms with E-state index >= 15 is 0 Å². The SMILES string of the molecule is NC(=O)CCN1CCS(=O)CC1. The number of nitrogens with zero attached hydrogens (tertiary/aromatic N) is 1. The number of carbonyl (C=O) groups is 1. The molecule has 4 nitrogen and oxygen atoms in total. The van der Waals surface area contributed by atoms with Gasteiger partial charge in [0.1, 0.15) is 0 Å². The van der Waals surface area contributed by atoms with Crippen LogP contribution in [0.3, 0.4) is 0 Å². The number of primary amides is 1. The Balaban J connectivity index is 2.17. The van der Waals surface area contributed by atoms with Crippen molar-refractivity contribution in [2.75, 3.05) is 31.1 Å². The van der Waals surface area contributed by atoms with Gasteiger partial charge in [0.05, 0.1) is 0 Å². The van der Waals surface area contributed by atoms with Crippen LogP contribution in [0.4, 0.5) is 0 Å².